The first-order chi connectivity index (χ1) is 15.1. The van der Waals surface area contributed by atoms with Gasteiger partial charge in [-0.1, -0.05) is 24.3 Å². The molecule has 7 nitrogen and oxygen atoms in total. The molecule has 2 rings (SSSR count). The lowest BCUT2D eigenvalue weighted by atomic mass is 10.1. The minimum absolute atomic E-state index is 0. The zero-order valence-electron chi connectivity index (χ0n) is 20.0. The molecular weight excluding hydrogens is 517 g/mol. The molecule has 0 aliphatic heterocycles. The number of ether oxygens (including phenoxy) is 1. The Morgan fingerprint density at radius 1 is 1.00 bits per heavy atom. The molecule has 0 atom stereocenters. The molecule has 0 fully saturated rings. The van der Waals surface area contributed by atoms with E-state index in [2.05, 4.69) is 65.7 Å². The van der Waals surface area contributed by atoms with Crippen molar-refractivity contribution in [3.63, 3.8) is 0 Å². The molecule has 0 aliphatic rings. The Morgan fingerprint density at radius 2 is 1.78 bits per heavy atom. The molecule has 1 aromatic carbocycles. The molecular formula is C24H40IN5O2. The van der Waals surface area contributed by atoms with Gasteiger partial charge in [0.15, 0.2) is 5.96 Å². The molecule has 2 aromatic rings. The quantitative estimate of drug-likeness (QED) is 0.160. The van der Waals surface area contributed by atoms with Gasteiger partial charge in [0.05, 0.1) is 19.4 Å². The zero-order chi connectivity index (χ0) is 22.3. The monoisotopic (exact) mass is 557 g/mol. The Bertz CT molecular complexity index is 755. The molecule has 2 N–H and O–H groups in total. The van der Waals surface area contributed by atoms with E-state index in [1.807, 2.05) is 12.1 Å². The van der Waals surface area contributed by atoms with Crippen molar-refractivity contribution in [1.82, 2.24) is 20.4 Å². The first-order valence-electron chi connectivity index (χ1n) is 11.1. The summed E-state index contributed by atoms with van der Waals surface area (Å²) >= 11 is 0. The molecule has 8 heteroatoms. The second-order valence-electron chi connectivity index (χ2n) is 7.79. The SMILES string of the molecule is CCNC(=NCc1ccccc1CN(C)Cc1ccco1)NCCN(C)CCCOC.I. The summed E-state index contributed by atoms with van der Waals surface area (Å²) < 4.78 is 10.6. The van der Waals surface area contributed by atoms with Crippen molar-refractivity contribution < 1.29 is 9.15 Å². The van der Waals surface area contributed by atoms with Gasteiger partial charge in [0.1, 0.15) is 5.76 Å². The Morgan fingerprint density at radius 3 is 2.47 bits per heavy atom. The summed E-state index contributed by atoms with van der Waals surface area (Å²) in [7, 11) is 5.99. The van der Waals surface area contributed by atoms with E-state index in [1.54, 1.807) is 13.4 Å². The number of furan rings is 1. The van der Waals surface area contributed by atoms with Crippen molar-refractivity contribution in [2.75, 3.05) is 54.0 Å². The molecule has 0 unspecified atom stereocenters. The average Bonchev–Trinajstić information content (AvgIpc) is 3.26. The van der Waals surface area contributed by atoms with Gasteiger partial charge < -0.3 is 24.7 Å². The molecule has 1 heterocycles. The molecule has 0 aliphatic carbocycles. The van der Waals surface area contributed by atoms with Crippen LogP contribution in [0.5, 0.6) is 0 Å². The minimum Gasteiger partial charge on any atom is -0.468 e. The maximum atomic E-state index is 5.47. The number of hydrogen-bond donors (Lipinski definition) is 2. The molecule has 1 aromatic heterocycles. The van der Waals surface area contributed by atoms with Gasteiger partial charge in [-0.3, -0.25) is 4.90 Å². The predicted octanol–water partition coefficient (Wildman–Crippen LogP) is 3.55. The minimum atomic E-state index is 0. The van der Waals surface area contributed by atoms with Crippen LogP contribution < -0.4 is 10.6 Å². The van der Waals surface area contributed by atoms with Crippen LogP contribution in [0.1, 0.15) is 30.2 Å². The third-order valence-electron chi connectivity index (χ3n) is 4.99. The smallest absolute Gasteiger partial charge is 0.191 e. The van der Waals surface area contributed by atoms with Crippen molar-refractivity contribution in [3.8, 4) is 0 Å². The lowest BCUT2D eigenvalue weighted by Gasteiger charge is -2.19. The normalized spacial score (nSPS) is 11.6. The highest BCUT2D eigenvalue weighted by Gasteiger charge is 2.08. The summed E-state index contributed by atoms with van der Waals surface area (Å²) in [5.41, 5.74) is 2.52. The van der Waals surface area contributed by atoms with Gasteiger partial charge in [0.2, 0.25) is 0 Å². The summed E-state index contributed by atoms with van der Waals surface area (Å²) in [5, 5.41) is 6.79. The molecule has 0 spiro atoms. The summed E-state index contributed by atoms with van der Waals surface area (Å²) in [6.45, 7) is 8.85. The summed E-state index contributed by atoms with van der Waals surface area (Å²) in [6.07, 6.45) is 2.77. The van der Waals surface area contributed by atoms with Gasteiger partial charge in [-0.15, -0.1) is 24.0 Å². The second kappa shape index (κ2) is 16.9. The molecule has 180 valence electrons. The Kier molecular flexibility index (Phi) is 15.0. The third-order valence-corrected chi connectivity index (χ3v) is 4.99. The van der Waals surface area contributed by atoms with E-state index >= 15 is 0 Å². The van der Waals surface area contributed by atoms with Crippen LogP contribution in [0.15, 0.2) is 52.1 Å². The zero-order valence-corrected chi connectivity index (χ0v) is 22.3. The van der Waals surface area contributed by atoms with E-state index in [-0.39, 0.29) is 24.0 Å². The Balaban J connectivity index is 0.00000512. The maximum Gasteiger partial charge on any atom is 0.191 e. The number of halogens is 1. The third kappa shape index (κ3) is 11.3. The number of aliphatic imine (C=N–C) groups is 1. The van der Waals surface area contributed by atoms with Crippen LogP contribution in [0.2, 0.25) is 0 Å². The number of guanidine groups is 1. The van der Waals surface area contributed by atoms with Crippen molar-refractivity contribution in [1.29, 1.82) is 0 Å². The fourth-order valence-electron chi connectivity index (χ4n) is 3.34. The number of nitrogens with one attached hydrogen (secondary N) is 2. The number of likely N-dealkylation sites (N-methyl/N-ethyl adjacent to an activating group) is 1. The number of rotatable bonds is 14. The lowest BCUT2D eigenvalue weighted by molar-refractivity contribution is 0.180. The molecule has 0 amide bonds. The van der Waals surface area contributed by atoms with Gasteiger partial charge in [0, 0.05) is 46.4 Å². The van der Waals surface area contributed by atoms with E-state index in [0.29, 0.717) is 6.54 Å². The Hall–Kier alpha value is -1.62. The van der Waals surface area contributed by atoms with Gasteiger partial charge >= 0.3 is 0 Å². The van der Waals surface area contributed by atoms with Crippen LogP contribution in [0.25, 0.3) is 0 Å². The average molecular weight is 558 g/mol. The fraction of sp³-hybridized carbons (Fsp3) is 0.542. The van der Waals surface area contributed by atoms with Crippen LogP contribution >= 0.6 is 24.0 Å². The predicted molar refractivity (Wildman–Crippen MR) is 143 cm³/mol. The molecule has 0 bridgehead atoms. The van der Waals surface area contributed by atoms with Gasteiger partial charge in [-0.25, -0.2) is 4.99 Å². The van der Waals surface area contributed by atoms with Crippen molar-refractivity contribution >= 4 is 29.9 Å². The number of nitrogens with zero attached hydrogens (tertiary/aromatic N) is 3. The van der Waals surface area contributed by atoms with E-state index in [0.717, 1.165) is 64.0 Å². The largest absolute Gasteiger partial charge is 0.468 e. The van der Waals surface area contributed by atoms with Crippen LogP contribution in [-0.4, -0.2) is 69.8 Å². The lowest BCUT2D eigenvalue weighted by Crippen LogP contribution is -2.41. The van der Waals surface area contributed by atoms with Crippen molar-refractivity contribution in [3.05, 3.63) is 59.5 Å². The summed E-state index contributed by atoms with van der Waals surface area (Å²) in [5.74, 6) is 1.83. The van der Waals surface area contributed by atoms with E-state index in [4.69, 9.17) is 14.1 Å². The van der Waals surface area contributed by atoms with Crippen molar-refractivity contribution in [2.24, 2.45) is 4.99 Å². The van der Waals surface area contributed by atoms with Gasteiger partial charge in [-0.2, -0.15) is 0 Å². The second-order valence-corrected chi connectivity index (χ2v) is 7.79. The number of hydrogen-bond acceptors (Lipinski definition) is 5. The maximum absolute atomic E-state index is 5.47. The highest BCUT2D eigenvalue weighted by molar-refractivity contribution is 14.0. The topological polar surface area (TPSA) is 65.3 Å². The highest BCUT2D eigenvalue weighted by Crippen LogP contribution is 2.14. The first kappa shape index (κ1) is 28.4. The van der Waals surface area contributed by atoms with E-state index < -0.39 is 0 Å². The van der Waals surface area contributed by atoms with Gasteiger partial charge in [0.25, 0.3) is 0 Å². The molecule has 0 saturated heterocycles. The van der Waals surface area contributed by atoms with Crippen LogP contribution in [0.4, 0.5) is 0 Å². The highest BCUT2D eigenvalue weighted by atomic mass is 127. The molecule has 0 radical (unpaired) electrons. The fourth-order valence-corrected chi connectivity index (χ4v) is 3.34. The summed E-state index contributed by atoms with van der Waals surface area (Å²) in [4.78, 5) is 9.38. The first-order valence-corrected chi connectivity index (χ1v) is 11.1. The number of methoxy groups -OCH3 is 1. The number of benzene rings is 1. The van der Waals surface area contributed by atoms with E-state index in [9.17, 15) is 0 Å². The van der Waals surface area contributed by atoms with Gasteiger partial charge in [-0.05, 0) is 50.7 Å². The van der Waals surface area contributed by atoms with Crippen LogP contribution in [0, 0.1) is 0 Å². The molecule has 0 saturated carbocycles. The van der Waals surface area contributed by atoms with Crippen molar-refractivity contribution in [2.45, 2.75) is 33.0 Å². The molecule has 32 heavy (non-hydrogen) atoms. The summed E-state index contributed by atoms with van der Waals surface area (Å²) in [6, 6.07) is 12.4. The Labute approximate surface area is 210 Å². The standard InChI is InChI=1S/C24H39N5O2.HI/c1-5-25-24(26-13-15-28(2)14-9-16-30-4)27-18-21-10-6-7-11-22(21)19-29(3)20-23-12-8-17-31-23;/h6-8,10-12,17H,5,9,13-16,18-20H2,1-4H3,(H2,25,26,27);1H. The van der Waals surface area contributed by atoms with E-state index in [1.165, 1.54) is 11.1 Å². The van der Waals surface area contributed by atoms with Crippen LogP contribution in [-0.2, 0) is 24.4 Å². The van der Waals surface area contributed by atoms with Crippen LogP contribution in [0.3, 0.4) is 0 Å².